The van der Waals surface area contributed by atoms with Gasteiger partial charge in [-0.1, -0.05) is 0 Å². The Bertz CT molecular complexity index is 473. The fourth-order valence-electron chi connectivity index (χ4n) is 2.06. The lowest BCUT2D eigenvalue weighted by Gasteiger charge is -2.17. The first kappa shape index (κ1) is 14.0. The van der Waals surface area contributed by atoms with E-state index in [0.717, 1.165) is 22.3 Å². The van der Waals surface area contributed by atoms with E-state index in [1.54, 1.807) is 23.5 Å². The molecule has 0 aliphatic heterocycles. The van der Waals surface area contributed by atoms with Crippen LogP contribution in [0.15, 0.2) is 29.0 Å². The maximum absolute atomic E-state index is 9.49. The molecule has 92 valence electrons. The summed E-state index contributed by atoms with van der Waals surface area (Å²) in [4.78, 5) is 0. The van der Waals surface area contributed by atoms with Crippen LogP contribution in [0.2, 0.25) is 0 Å². The number of aryl methyl sites for hydroxylation is 2. The van der Waals surface area contributed by atoms with Crippen molar-refractivity contribution < 1.29 is 5.11 Å². The molecule has 3 N–H and O–H groups in total. The monoisotopic (exact) mass is 269 g/mol. The molecule has 0 aliphatic carbocycles. The van der Waals surface area contributed by atoms with Gasteiger partial charge < -0.3 is 10.8 Å². The highest BCUT2D eigenvalue weighted by Crippen LogP contribution is 2.29. The summed E-state index contributed by atoms with van der Waals surface area (Å²) in [6.07, 6.45) is 0. The molecule has 0 radical (unpaired) electrons. The van der Waals surface area contributed by atoms with E-state index in [4.69, 9.17) is 5.73 Å². The molecule has 0 saturated heterocycles. The molecule has 17 heavy (non-hydrogen) atoms. The van der Waals surface area contributed by atoms with E-state index in [2.05, 4.69) is 5.38 Å². The quantitative estimate of drug-likeness (QED) is 0.876. The lowest BCUT2D eigenvalue weighted by Crippen LogP contribution is -2.13. The van der Waals surface area contributed by atoms with Crippen molar-refractivity contribution in [2.45, 2.75) is 19.9 Å². The third kappa shape index (κ3) is 2.80. The topological polar surface area (TPSA) is 46.2 Å². The second-order valence-electron chi connectivity index (χ2n) is 4.03. The molecule has 0 saturated carbocycles. The second kappa shape index (κ2) is 5.54. The number of phenolic OH excluding ortho intramolecular Hbond substituents is 1. The first-order chi connectivity index (χ1) is 7.59. The van der Waals surface area contributed by atoms with E-state index in [1.807, 2.05) is 25.3 Å². The minimum absolute atomic E-state index is 0. The summed E-state index contributed by atoms with van der Waals surface area (Å²) in [6.45, 7) is 3.96. The largest absolute Gasteiger partial charge is 0.508 e. The van der Waals surface area contributed by atoms with Crippen LogP contribution in [-0.2, 0) is 0 Å². The number of phenols is 1. The van der Waals surface area contributed by atoms with Crippen molar-refractivity contribution in [1.29, 1.82) is 0 Å². The molecule has 0 amide bonds. The SMILES string of the molecule is Cc1cc(O)cc(C)c1[C@@H](N)c1ccsc1.Cl. The molecule has 2 nitrogen and oxygen atoms in total. The van der Waals surface area contributed by atoms with Crippen LogP contribution in [0, 0.1) is 13.8 Å². The fourth-order valence-corrected chi connectivity index (χ4v) is 2.76. The fraction of sp³-hybridized carbons (Fsp3) is 0.231. The van der Waals surface area contributed by atoms with Gasteiger partial charge in [0, 0.05) is 0 Å². The summed E-state index contributed by atoms with van der Waals surface area (Å²) < 4.78 is 0. The van der Waals surface area contributed by atoms with E-state index < -0.39 is 0 Å². The molecule has 1 aromatic heterocycles. The summed E-state index contributed by atoms with van der Waals surface area (Å²) >= 11 is 1.65. The Balaban J connectivity index is 0.00000144. The molecule has 0 bridgehead atoms. The van der Waals surface area contributed by atoms with Crippen LogP contribution < -0.4 is 5.73 Å². The summed E-state index contributed by atoms with van der Waals surface area (Å²) in [5.74, 6) is 0.302. The average molecular weight is 270 g/mol. The second-order valence-corrected chi connectivity index (χ2v) is 4.81. The van der Waals surface area contributed by atoms with E-state index in [1.165, 1.54) is 0 Å². The van der Waals surface area contributed by atoms with Gasteiger partial charge in [-0.05, 0) is 65.1 Å². The molecular formula is C13H16ClNOS. The van der Waals surface area contributed by atoms with Crippen molar-refractivity contribution in [2.75, 3.05) is 0 Å². The van der Waals surface area contributed by atoms with Crippen molar-refractivity contribution in [2.24, 2.45) is 5.73 Å². The number of rotatable bonds is 2. The van der Waals surface area contributed by atoms with Crippen LogP contribution in [0.25, 0.3) is 0 Å². The van der Waals surface area contributed by atoms with Crippen molar-refractivity contribution in [3.05, 3.63) is 51.2 Å². The smallest absolute Gasteiger partial charge is 0.116 e. The molecule has 0 fully saturated rings. The Hall–Kier alpha value is -1.03. The summed E-state index contributed by atoms with van der Waals surface area (Å²) in [6, 6.07) is 5.45. The molecule has 0 spiro atoms. The molecule has 4 heteroatoms. The van der Waals surface area contributed by atoms with Gasteiger partial charge in [0.25, 0.3) is 0 Å². The number of nitrogens with two attached hydrogens (primary N) is 1. The van der Waals surface area contributed by atoms with Crippen LogP contribution in [-0.4, -0.2) is 5.11 Å². The number of halogens is 1. The Morgan fingerprint density at radius 1 is 1.24 bits per heavy atom. The van der Waals surface area contributed by atoms with Crippen molar-refractivity contribution >= 4 is 23.7 Å². The van der Waals surface area contributed by atoms with Gasteiger partial charge in [0.2, 0.25) is 0 Å². The van der Waals surface area contributed by atoms with Gasteiger partial charge in [-0.15, -0.1) is 12.4 Å². The predicted octanol–water partition coefficient (Wildman–Crippen LogP) is 3.54. The zero-order chi connectivity index (χ0) is 11.7. The molecule has 1 aromatic carbocycles. The normalized spacial score (nSPS) is 11.9. The first-order valence-corrected chi connectivity index (χ1v) is 6.11. The summed E-state index contributed by atoms with van der Waals surface area (Å²) in [5, 5.41) is 13.6. The molecule has 1 atom stereocenters. The first-order valence-electron chi connectivity index (χ1n) is 5.17. The summed E-state index contributed by atoms with van der Waals surface area (Å²) in [5.41, 5.74) is 10.5. The molecular weight excluding hydrogens is 254 g/mol. The highest BCUT2D eigenvalue weighted by atomic mass is 35.5. The Kier molecular flexibility index (Phi) is 4.57. The van der Waals surface area contributed by atoms with Crippen LogP contribution in [0.1, 0.15) is 28.3 Å². The summed E-state index contributed by atoms with van der Waals surface area (Å²) in [7, 11) is 0. The standard InChI is InChI=1S/C13H15NOS.ClH/c1-8-5-11(15)6-9(2)12(8)13(14)10-3-4-16-7-10;/h3-7,13,15H,14H2,1-2H3;1H/t13-;/m0./s1. The number of thiophene rings is 1. The van der Waals surface area contributed by atoms with E-state index in [0.29, 0.717) is 5.75 Å². The van der Waals surface area contributed by atoms with Crippen LogP contribution in [0.4, 0.5) is 0 Å². The Labute approximate surface area is 112 Å². The molecule has 1 heterocycles. The minimum atomic E-state index is -0.105. The number of hydrogen-bond acceptors (Lipinski definition) is 3. The van der Waals surface area contributed by atoms with Gasteiger partial charge in [0.15, 0.2) is 0 Å². The van der Waals surface area contributed by atoms with Crippen molar-refractivity contribution in [3.63, 3.8) is 0 Å². The third-order valence-electron chi connectivity index (χ3n) is 2.79. The van der Waals surface area contributed by atoms with Crippen LogP contribution in [0.3, 0.4) is 0 Å². The van der Waals surface area contributed by atoms with Crippen LogP contribution >= 0.6 is 23.7 Å². The number of hydrogen-bond donors (Lipinski definition) is 2. The number of benzene rings is 1. The predicted molar refractivity (Wildman–Crippen MR) is 75.2 cm³/mol. The van der Waals surface area contributed by atoms with E-state index >= 15 is 0 Å². The molecule has 2 aromatic rings. The highest BCUT2D eigenvalue weighted by molar-refractivity contribution is 7.08. The van der Waals surface area contributed by atoms with Gasteiger partial charge in [-0.25, -0.2) is 0 Å². The van der Waals surface area contributed by atoms with Gasteiger partial charge in [-0.2, -0.15) is 11.3 Å². The van der Waals surface area contributed by atoms with Gasteiger partial charge >= 0.3 is 0 Å². The van der Waals surface area contributed by atoms with Crippen LogP contribution in [0.5, 0.6) is 5.75 Å². The lowest BCUT2D eigenvalue weighted by atomic mass is 9.93. The molecule has 0 aliphatic rings. The maximum Gasteiger partial charge on any atom is 0.116 e. The zero-order valence-corrected chi connectivity index (χ0v) is 11.4. The zero-order valence-electron chi connectivity index (χ0n) is 9.81. The average Bonchev–Trinajstić information content (AvgIpc) is 2.67. The lowest BCUT2D eigenvalue weighted by molar-refractivity contribution is 0.474. The van der Waals surface area contributed by atoms with Gasteiger partial charge in [0.05, 0.1) is 6.04 Å². The molecule has 0 unspecified atom stereocenters. The number of aromatic hydroxyl groups is 1. The highest BCUT2D eigenvalue weighted by Gasteiger charge is 2.15. The van der Waals surface area contributed by atoms with E-state index in [9.17, 15) is 5.11 Å². The Morgan fingerprint density at radius 3 is 2.29 bits per heavy atom. The van der Waals surface area contributed by atoms with Crippen molar-refractivity contribution in [1.82, 2.24) is 0 Å². The Morgan fingerprint density at radius 2 is 1.82 bits per heavy atom. The molecule has 2 rings (SSSR count). The van der Waals surface area contributed by atoms with Gasteiger partial charge in [0.1, 0.15) is 5.75 Å². The maximum atomic E-state index is 9.49. The van der Waals surface area contributed by atoms with E-state index in [-0.39, 0.29) is 18.4 Å². The van der Waals surface area contributed by atoms with Crippen molar-refractivity contribution in [3.8, 4) is 5.75 Å². The third-order valence-corrected chi connectivity index (χ3v) is 3.49. The minimum Gasteiger partial charge on any atom is -0.508 e. The van der Waals surface area contributed by atoms with Gasteiger partial charge in [-0.3, -0.25) is 0 Å².